The van der Waals surface area contributed by atoms with Gasteiger partial charge in [-0.3, -0.25) is 0 Å². The Balaban J connectivity index is 1.75. The van der Waals surface area contributed by atoms with Crippen LogP contribution in [0, 0.1) is 6.92 Å². The van der Waals surface area contributed by atoms with Gasteiger partial charge < -0.3 is 0 Å². The number of thiophene rings is 2. The van der Waals surface area contributed by atoms with Crippen molar-refractivity contribution in [1.82, 2.24) is 0 Å². The molecule has 0 unspecified atom stereocenters. The van der Waals surface area contributed by atoms with Crippen LogP contribution in [-0.2, 0) is 6.42 Å². The third kappa shape index (κ3) is 4.77. The second-order valence-corrected chi connectivity index (χ2v) is 7.65. The molecule has 2 heteroatoms. The molecular formula is C17H24S2. The molecule has 2 rings (SSSR count). The molecule has 0 aliphatic heterocycles. The minimum atomic E-state index is 1.27. The molecule has 0 aromatic carbocycles. The van der Waals surface area contributed by atoms with Crippen LogP contribution < -0.4 is 0 Å². The summed E-state index contributed by atoms with van der Waals surface area (Å²) in [5.41, 5.74) is 0. The summed E-state index contributed by atoms with van der Waals surface area (Å²) >= 11 is 3.88. The summed E-state index contributed by atoms with van der Waals surface area (Å²) in [5, 5.41) is 0. The zero-order valence-electron chi connectivity index (χ0n) is 12.1. The van der Waals surface area contributed by atoms with Gasteiger partial charge in [-0.25, -0.2) is 0 Å². The zero-order valence-corrected chi connectivity index (χ0v) is 13.7. The van der Waals surface area contributed by atoms with Gasteiger partial charge in [-0.05, 0) is 44.0 Å². The van der Waals surface area contributed by atoms with E-state index in [9.17, 15) is 0 Å². The minimum absolute atomic E-state index is 1.27. The van der Waals surface area contributed by atoms with Crippen LogP contribution in [-0.4, -0.2) is 0 Å². The summed E-state index contributed by atoms with van der Waals surface area (Å²) in [6, 6.07) is 9.08. The van der Waals surface area contributed by atoms with E-state index >= 15 is 0 Å². The highest BCUT2D eigenvalue weighted by atomic mass is 32.1. The van der Waals surface area contributed by atoms with Crippen LogP contribution in [0.25, 0.3) is 9.75 Å². The topological polar surface area (TPSA) is 0 Å². The number of rotatable bonds is 8. The molecule has 0 spiro atoms. The Hall–Kier alpha value is -0.600. The fourth-order valence-corrected chi connectivity index (χ4v) is 4.30. The molecule has 104 valence electrons. The summed E-state index contributed by atoms with van der Waals surface area (Å²) in [6.45, 7) is 4.46. The average Bonchev–Trinajstić information content (AvgIpc) is 3.02. The van der Waals surface area contributed by atoms with Gasteiger partial charge in [-0.1, -0.05) is 39.0 Å². The maximum Gasteiger partial charge on any atom is 0.0445 e. The quantitative estimate of drug-likeness (QED) is 0.475. The third-order valence-corrected chi connectivity index (χ3v) is 5.76. The molecule has 0 aliphatic rings. The van der Waals surface area contributed by atoms with Gasteiger partial charge in [0.2, 0.25) is 0 Å². The molecule has 0 fully saturated rings. The van der Waals surface area contributed by atoms with Gasteiger partial charge in [0.15, 0.2) is 0 Å². The maximum absolute atomic E-state index is 2.32. The lowest BCUT2D eigenvalue weighted by Crippen LogP contribution is -1.82. The molecule has 0 N–H and O–H groups in total. The van der Waals surface area contributed by atoms with E-state index in [1.807, 2.05) is 22.7 Å². The molecule has 19 heavy (non-hydrogen) atoms. The van der Waals surface area contributed by atoms with Crippen molar-refractivity contribution in [2.75, 3.05) is 0 Å². The smallest absolute Gasteiger partial charge is 0.0445 e. The van der Waals surface area contributed by atoms with Crippen LogP contribution in [0.1, 0.15) is 55.2 Å². The van der Waals surface area contributed by atoms with E-state index in [2.05, 4.69) is 38.1 Å². The zero-order chi connectivity index (χ0) is 13.5. The number of unbranched alkanes of at least 4 members (excludes halogenated alkanes) is 5. The van der Waals surface area contributed by atoms with Crippen molar-refractivity contribution in [3.63, 3.8) is 0 Å². The Morgan fingerprint density at radius 3 is 2.21 bits per heavy atom. The van der Waals surface area contributed by atoms with Gasteiger partial charge in [-0.15, -0.1) is 22.7 Å². The van der Waals surface area contributed by atoms with Gasteiger partial charge in [0.25, 0.3) is 0 Å². The summed E-state index contributed by atoms with van der Waals surface area (Å²) in [7, 11) is 0. The van der Waals surface area contributed by atoms with Crippen LogP contribution in [0.15, 0.2) is 24.3 Å². The summed E-state index contributed by atoms with van der Waals surface area (Å²) in [5.74, 6) is 0. The van der Waals surface area contributed by atoms with Crippen LogP contribution in [0.5, 0.6) is 0 Å². The lowest BCUT2D eigenvalue weighted by Gasteiger charge is -1.99. The molecule has 0 radical (unpaired) electrons. The first-order chi connectivity index (χ1) is 9.29. The Labute approximate surface area is 125 Å². The molecular weight excluding hydrogens is 268 g/mol. The van der Waals surface area contributed by atoms with Gasteiger partial charge >= 0.3 is 0 Å². The molecule has 2 aromatic rings. The number of hydrogen-bond donors (Lipinski definition) is 0. The molecule has 0 atom stereocenters. The molecule has 0 saturated heterocycles. The Kier molecular flexibility index (Phi) is 6.12. The van der Waals surface area contributed by atoms with Crippen molar-refractivity contribution in [3.8, 4) is 9.75 Å². The highest BCUT2D eigenvalue weighted by molar-refractivity contribution is 7.22. The van der Waals surface area contributed by atoms with E-state index in [0.717, 1.165) is 0 Å². The van der Waals surface area contributed by atoms with Crippen molar-refractivity contribution in [1.29, 1.82) is 0 Å². The molecule has 2 heterocycles. The monoisotopic (exact) mass is 292 g/mol. The average molecular weight is 293 g/mol. The van der Waals surface area contributed by atoms with E-state index < -0.39 is 0 Å². The van der Waals surface area contributed by atoms with Crippen molar-refractivity contribution in [2.24, 2.45) is 0 Å². The summed E-state index contributed by atoms with van der Waals surface area (Å²) in [6.07, 6.45) is 9.59. The first-order valence-corrected chi connectivity index (χ1v) is 9.08. The summed E-state index contributed by atoms with van der Waals surface area (Å²) in [4.78, 5) is 5.83. The van der Waals surface area contributed by atoms with Gasteiger partial charge in [0.1, 0.15) is 0 Å². The van der Waals surface area contributed by atoms with E-state index in [0.29, 0.717) is 0 Å². The molecule has 2 aromatic heterocycles. The van der Waals surface area contributed by atoms with Gasteiger partial charge in [0, 0.05) is 19.5 Å². The Morgan fingerprint density at radius 2 is 1.47 bits per heavy atom. The minimum Gasteiger partial charge on any atom is -0.140 e. The highest BCUT2D eigenvalue weighted by Crippen LogP contribution is 2.33. The second kappa shape index (κ2) is 7.86. The first-order valence-electron chi connectivity index (χ1n) is 7.45. The fourth-order valence-electron chi connectivity index (χ4n) is 2.29. The second-order valence-electron chi connectivity index (χ2n) is 5.19. The Bertz CT molecular complexity index is 479. The van der Waals surface area contributed by atoms with Gasteiger partial charge in [0.05, 0.1) is 0 Å². The van der Waals surface area contributed by atoms with E-state index in [1.54, 1.807) is 4.88 Å². The molecule has 0 bridgehead atoms. The van der Waals surface area contributed by atoms with Crippen molar-refractivity contribution >= 4 is 22.7 Å². The van der Waals surface area contributed by atoms with E-state index in [-0.39, 0.29) is 0 Å². The van der Waals surface area contributed by atoms with Crippen LogP contribution in [0.3, 0.4) is 0 Å². The van der Waals surface area contributed by atoms with E-state index in [4.69, 9.17) is 0 Å². The SMILES string of the molecule is CCCCCCCCc1ccc(-c2ccc(C)s2)s1. The molecule has 0 aliphatic carbocycles. The van der Waals surface area contributed by atoms with Crippen LogP contribution in [0.2, 0.25) is 0 Å². The van der Waals surface area contributed by atoms with Crippen LogP contribution in [0.4, 0.5) is 0 Å². The highest BCUT2D eigenvalue weighted by Gasteiger charge is 2.04. The van der Waals surface area contributed by atoms with Gasteiger partial charge in [-0.2, -0.15) is 0 Å². The predicted octanol–water partition coefficient (Wildman–Crippen LogP) is 6.69. The third-order valence-electron chi connectivity index (χ3n) is 3.42. The fraction of sp³-hybridized carbons (Fsp3) is 0.529. The normalized spacial score (nSPS) is 11.1. The van der Waals surface area contributed by atoms with Crippen molar-refractivity contribution < 1.29 is 0 Å². The number of aryl methyl sites for hydroxylation is 2. The predicted molar refractivity (Wildman–Crippen MR) is 89.4 cm³/mol. The Morgan fingerprint density at radius 1 is 0.789 bits per heavy atom. The van der Waals surface area contributed by atoms with Crippen molar-refractivity contribution in [2.45, 2.75) is 58.8 Å². The van der Waals surface area contributed by atoms with Crippen molar-refractivity contribution in [3.05, 3.63) is 34.0 Å². The van der Waals surface area contributed by atoms with Crippen LogP contribution >= 0.6 is 22.7 Å². The lowest BCUT2D eigenvalue weighted by molar-refractivity contribution is 0.609. The maximum atomic E-state index is 2.32. The van der Waals surface area contributed by atoms with E-state index in [1.165, 1.54) is 59.6 Å². The molecule has 0 amide bonds. The molecule has 0 nitrogen and oxygen atoms in total. The number of hydrogen-bond acceptors (Lipinski definition) is 2. The lowest BCUT2D eigenvalue weighted by atomic mass is 10.1. The largest absolute Gasteiger partial charge is 0.140 e. The molecule has 0 saturated carbocycles. The standard InChI is InChI=1S/C17H24S2/c1-3-4-5-6-7-8-9-15-11-13-17(19-15)16-12-10-14(2)18-16/h10-13H,3-9H2,1-2H3. The summed E-state index contributed by atoms with van der Waals surface area (Å²) < 4.78 is 0. The first kappa shape index (κ1) is 14.8.